The van der Waals surface area contributed by atoms with Gasteiger partial charge in [0.05, 0.1) is 48.1 Å². The number of hydrogen-bond donors (Lipinski definition) is 1. The molecular weight excluding hydrogens is 406 g/mol. The Morgan fingerprint density at radius 1 is 1.28 bits per heavy atom. The van der Waals surface area contributed by atoms with Gasteiger partial charge in [0, 0.05) is 17.5 Å². The highest BCUT2D eigenvalue weighted by Crippen LogP contribution is 2.49. The monoisotopic (exact) mass is 435 g/mol. The molecule has 0 fully saturated rings. The van der Waals surface area contributed by atoms with E-state index in [0.29, 0.717) is 35.1 Å². The van der Waals surface area contributed by atoms with Crippen LogP contribution in [0.3, 0.4) is 0 Å². The molecular formula is C25H29N3O4. The predicted octanol–water partition coefficient (Wildman–Crippen LogP) is 4.84. The summed E-state index contributed by atoms with van der Waals surface area (Å²) >= 11 is 0. The Hall–Kier alpha value is -3.53. The molecule has 0 saturated heterocycles. The van der Waals surface area contributed by atoms with E-state index in [1.165, 1.54) is 0 Å². The molecule has 1 aliphatic rings. The molecule has 0 radical (unpaired) electrons. The average Bonchev–Trinajstić information content (AvgIpc) is 2.73. The minimum absolute atomic E-state index is 0.421. The van der Waals surface area contributed by atoms with Crippen LogP contribution >= 0.6 is 0 Å². The standard InChI is InChI=1S/C25H29N3O4/c1-8-31-23-21-20(17-10-9-16(12-26)11-18(17)30-7)19(24(29)32-25(4,5)6)15(3)28-22(21)14(2)13-27-23/h9-11,13,20,28H,8H2,1-7H3. The molecule has 7 nitrogen and oxygen atoms in total. The molecule has 3 rings (SSSR count). The highest BCUT2D eigenvalue weighted by atomic mass is 16.6. The second-order valence-corrected chi connectivity index (χ2v) is 8.64. The summed E-state index contributed by atoms with van der Waals surface area (Å²) in [6, 6.07) is 7.33. The van der Waals surface area contributed by atoms with Crippen molar-refractivity contribution in [2.75, 3.05) is 19.0 Å². The largest absolute Gasteiger partial charge is 0.496 e. The third-order valence-electron chi connectivity index (χ3n) is 5.14. The van der Waals surface area contributed by atoms with Crippen LogP contribution in [0.15, 0.2) is 35.7 Å². The lowest BCUT2D eigenvalue weighted by molar-refractivity contribution is -0.150. The van der Waals surface area contributed by atoms with Crippen LogP contribution in [0.4, 0.5) is 5.69 Å². The van der Waals surface area contributed by atoms with Crippen LogP contribution in [-0.4, -0.2) is 30.3 Å². The van der Waals surface area contributed by atoms with E-state index in [1.54, 1.807) is 25.4 Å². The minimum Gasteiger partial charge on any atom is -0.496 e. The number of nitrogens with one attached hydrogen (secondary N) is 1. The molecule has 0 aliphatic carbocycles. The molecule has 0 bridgehead atoms. The number of aromatic nitrogens is 1. The maximum absolute atomic E-state index is 13.4. The Morgan fingerprint density at radius 3 is 2.59 bits per heavy atom. The number of ether oxygens (including phenoxy) is 3. The molecule has 1 atom stereocenters. The zero-order valence-electron chi connectivity index (χ0n) is 19.6. The molecule has 1 aromatic heterocycles. The van der Waals surface area contributed by atoms with Crippen LogP contribution < -0.4 is 14.8 Å². The molecule has 0 saturated carbocycles. The molecule has 1 aromatic carbocycles. The number of pyridine rings is 1. The summed E-state index contributed by atoms with van der Waals surface area (Å²) in [6.45, 7) is 11.6. The third-order valence-corrected chi connectivity index (χ3v) is 5.14. The Labute approximate surface area is 189 Å². The fourth-order valence-corrected chi connectivity index (χ4v) is 3.84. The van der Waals surface area contributed by atoms with E-state index in [9.17, 15) is 10.1 Å². The van der Waals surface area contributed by atoms with E-state index < -0.39 is 17.5 Å². The number of benzene rings is 1. The number of methoxy groups -OCH3 is 1. The molecule has 2 aromatic rings. The first-order valence-corrected chi connectivity index (χ1v) is 10.5. The van der Waals surface area contributed by atoms with Crippen molar-refractivity contribution in [2.45, 2.75) is 53.1 Å². The number of nitriles is 1. The van der Waals surface area contributed by atoms with Crippen LogP contribution in [0.25, 0.3) is 0 Å². The van der Waals surface area contributed by atoms with E-state index in [-0.39, 0.29) is 0 Å². The van der Waals surface area contributed by atoms with E-state index in [1.807, 2.05) is 47.6 Å². The Balaban J connectivity index is 2.34. The van der Waals surface area contributed by atoms with Gasteiger partial charge in [-0.2, -0.15) is 5.26 Å². The van der Waals surface area contributed by atoms with Crippen LogP contribution in [0, 0.1) is 18.3 Å². The molecule has 1 unspecified atom stereocenters. The van der Waals surface area contributed by atoms with Gasteiger partial charge in [-0.05, 0) is 59.2 Å². The summed E-state index contributed by atoms with van der Waals surface area (Å²) in [5.74, 6) is -0.0588. The van der Waals surface area contributed by atoms with Crippen molar-refractivity contribution in [3.8, 4) is 17.7 Å². The Morgan fingerprint density at radius 2 is 2.00 bits per heavy atom. The van der Waals surface area contributed by atoms with Gasteiger partial charge in [0.2, 0.25) is 5.88 Å². The lowest BCUT2D eigenvalue weighted by Crippen LogP contribution is -2.31. The number of aryl methyl sites for hydroxylation is 1. The van der Waals surface area contributed by atoms with E-state index in [0.717, 1.165) is 22.4 Å². The molecule has 1 N–H and O–H groups in total. The number of carbonyl (C=O) groups is 1. The second kappa shape index (κ2) is 8.91. The zero-order valence-corrected chi connectivity index (χ0v) is 19.6. The maximum atomic E-state index is 13.4. The first-order valence-electron chi connectivity index (χ1n) is 10.5. The fourth-order valence-electron chi connectivity index (χ4n) is 3.84. The highest BCUT2D eigenvalue weighted by molar-refractivity contribution is 5.96. The average molecular weight is 436 g/mol. The smallest absolute Gasteiger partial charge is 0.337 e. The van der Waals surface area contributed by atoms with Gasteiger partial charge in [0.25, 0.3) is 0 Å². The summed E-state index contributed by atoms with van der Waals surface area (Å²) in [4.78, 5) is 17.9. The van der Waals surface area contributed by atoms with Gasteiger partial charge in [0.1, 0.15) is 11.4 Å². The van der Waals surface area contributed by atoms with Crippen LogP contribution in [0.2, 0.25) is 0 Å². The summed E-state index contributed by atoms with van der Waals surface area (Å²) in [7, 11) is 1.55. The molecule has 168 valence electrons. The second-order valence-electron chi connectivity index (χ2n) is 8.64. The first kappa shape index (κ1) is 23.1. The lowest BCUT2D eigenvalue weighted by Gasteiger charge is -2.33. The Bertz CT molecular complexity index is 1120. The summed E-state index contributed by atoms with van der Waals surface area (Å²) < 4.78 is 17.3. The third kappa shape index (κ3) is 4.40. The Kier molecular flexibility index (Phi) is 6.45. The van der Waals surface area contributed by atoms with Crippen molar-refractivity contribution in [1.82, 2.24) is 4.98 Å². The molecule has 1 aliphatic heterocycles. The van der Waals surface area contributed by atoms with E-state index in [4.69, 9.17) is 14.2 Å². The van der Waals surface area contributed by atoms with Gasteiger partial charge >= 0.3 is 5.97 Å². The first-order chi connectivity index (χ1) is 15.1. The number of esters is 1. The topological polar surface area (TPSA) is 93.5 Å². The van der Waals surface area contributed by atoms with Gasteiger partial charge in [-0.3, -0.25) is 0 Å². The van der Waals surface area contributed by atoms with E-state index >= 15 is 0 Å². The van der Waals surface area contributed by atoms with Crippen molar-refractivity contribution in [2.24, 2.45) is 0 Å². The number of carbonyl (C=O) groups excluding carboxylic acids is 1. The lowest BCUT2D eigenvalue weighted by atomic mass is 9.79. The maximum Gasteiger partial charge on any atom is 0.337 e. The van der Waals surface area contributed by atoms with Gasteiger partial charge < -0.3 is 19.5 Å². The van der Waals surface area contributed by atoms with Crippen LogP contribution in [0.1, 0.15) is 62.8 Å². The molecule has 32 heavy (non-hydrogen) atoms. The number of fused-ring (bicyclic) bond motifs is 1. The zero-order chi connectivity index (χ0) is 23.6. The van der Waals surface area contributed by atoms with Crippen molar-refractivity contribution in [3.63, 3.8) is 0 Å². The van der Waals surface area contributed by atoms with Gasteiger partial charge in [-0.1, -0.05) is 6.07 Å². The number of rotatable bonds is 5. The van der Waals surface area contributed by atoms with Gasteiger partial charge in [-0.25, -0.2) is 9.78 Å². The predicted molar refractivity (Wildman–Crippen MR) is 122 cm³/mol. The number of anilines is 1. The van der Waals surface area contributed by atoms with Crippen molar-refractivity contribution >= 4 is 11.7 Å². The van der Waals surface area contributed by atoms with Crippen LogP contribution in [0.5, 0.6) is 11.6 Å². The highest BCUT2D eigenvalue weighted by Gasteiger charge is 2.39. The number of nitrogens with zero attached hydrogens (tertiary/aromatic N) is 2. The number of hydrogen-bond acceptors (Lipinski definition) is 7. The molecule has 0 spiro atoms. The molecule has 0 amide bonds. The summed E-state index contributed by atoms with van der Waals surface area (Å²) in [6.07, 6.45) is 1.75. The SMILES string of the molecule is CCOc1ncc(C)c2c1C(c1ccc(C#N)cc1OC)C(C(=O)OC(C)(C)C)=C(C)N2. The van der Waals surface area contributed by atoms with Gasteiger partial charge in [-0.15, -0.1) is 0 Å². The molecule has 7 heteroatoms. The minimum atomic E-state index is -0.669. The van der Waals surface area contributed by atoms with Crippen LogP contribution in [-0.2, 0) is 9.53 Å². The van der Waals surface area contributed by atoms with Gasteiger partial charge in [0.15, 0.2) is 0 Å². The van der Waals surface area contributed by atoms with Crippen molar-refractivity contribution in [3.05, 3.63) is 57.9 Å². The molecule has 2 heterocycles. The fraction of sp³-hybridized carbons (Fsp3) is 0.400. The quantitative estimate of drug-likeness (QED) is 0.672. The summed E-state index contributed by atoms with van der Waals surface area (Å²) in [5.41, 5.74) is 4.14. The van der Waals surface area contributed by atoms with Crippen molar-refractivity contribution < 1.29 is 19.0 Å². The normalized spacial score (nSPS) is 15.4. The van der Waals surface area contributed by atoms with E-state index in [2.05, 4.69) is 16.4 Å². The summed E-state index contributed by atoms with van der Waals surface area (Å²) in [5, 5.41) is 12.7. The number of allylic oxidation sites excluding steroid dienone is 1. The van der Waals surface area contributed by atoms with Crippen molar-refractivity contribution in [1.29, 1.82) is 5.26 Å².